The Morgan fingerprint density at radius 1 is 1.38 bits per heavy atom. The minimum absolute atomic E-state index is 0.183. The number of rotatable bonds is 3. The van der Waals surface area contributed by atoms with Gasteiger partial charge in [0, 0.05) is 18.2 Å². The van der Waals surface area contributed by atoms with Gasteiger partial charge in [-0.15, -0.1) is 0 Å². The zero-order valence-corrected chi connectivity index (χ0v) is 12.2. The van der Waals surface area contributed by atoms with Gasteiger partial charge in [0.25, 0.3) is 0 Å². The van der Waals surface area contributed by atoms with E-state index < -0.39 is 5.41 Å². The molecule has 2 rings (SSSR count). The SMILES string of the molecule is CCC1(CC)CC(=O)N(c2cc(C#CCO)ccn2)C1=O. The van der Waals surface area contributed by atoms with Gasteiger partial charge in [0.2, 0.25) is 11.8 Å². The monoisotopic (exact) mass is 286 g/mol. The highest BCUT2D eigenvalue weighted by atomic mass is 16.2. The molecule has 1 saturated heterocycles. The Morgan fingerprint density at radius 2 is 2.10 bits per heavy atom. The Balaban J connectivity index is 2.38. The zero-order chi connectivity index (χ0) is 15.5. The van der Waals surface area contributed by atoms with Crippen LogP contribution in [0.25, 0.3) is 0 Å². The van der Waals surface area contributed by atoms with E-state index in [4.69, 9.17) is 5.11 Å². The van der Waals surface area contributed by atoms with Crippen LogP contribution >= 0.6 is 0 Å². The summed E-state index contributed by atoms with van der Waals surface area (Å²) in [5.74, 6) is 5.18. The van der Waals surface area contributed by atoms with Crippen LogP contribution in [-0.2, 0) is 9.59 Å². The number of carbonyl (C=O) groups is 2. The lowest BCUT2D eigenvalue weighted by Crippen LogP contribution is -2.35. The van der Waals surface area contributed by atoms with Crippen LogP contribution in [0.5, 0.6) is 0 Å². The normalized spacial score (nSPS) is 16.8. The number of aromatic nitrogens is 1. The predicted octanol–water partition coefficient (Wildman–Crippen LogP) is 1.50. The summed E-state index contributed by atoms with van der Waals surface area (Å²) in [5.41, 5.74) is 0.00564. The first-order valence-corrected chi connectivity index (χ1v) is 7.01. The van der Waals surface area contributed by atoms with E-state index in [1.165, 1.54) is 6.20 Å². The third-order valence-corrected chi connectivity index (χ3v) is 4.04. The molecule has 5 nitrogen and oxygen atoms in total. The molecule has 2 heterocycles. The van der Waals surface area contributed by atoms with Gasteiger partial charge in [0.15, 0.2) is 0 Å². The number of amides is 2. The lowest BCUT2D eigenvalue weighted by Gasteiger charge is -2.23. The first-order chi connectivity index (χ1) is 10.1. The number of hydrogen-bond donors (Lipinski definition) is 1. The Kier molecular flexibility index (Phi) is 4.39. The summed E-state index contributed by atoms with van der Waals surface area (Å²) in [6.45, 7) is 3.61. The average Bonchev–Trinajstić information content (AvgIpc) is 2.76. The van der Waals surface area contributed by atoms with Crippen LogP contribution in [-0.4, -0.2) is 28.5 Å². The third kappa shape index (κ3) is 2.67. The Morgan fingerprint density at radius 3 is 2.67 bits per heavy atom. The van der Waals surface area contributed by atoms with Gasteiger partial charge in [-0.3, -0.25) is 9.59 Å². The van der Waals surface area contributed by atoms with Crippen molar-refractivity contribution in [3.63, 3.8) is 0 Å². The first kappa shape index (κ1) is 15.2. The Labute approximate surface area is 124 Å². The molecule has 0 aromatic carbocycles. The molecule has 0 unspecified atom stereocenters. The van der Waals surface area contributed by atoms with Crippen LogP contribution in [0.4, 0.5) is 5.82 Å². The Hall–Kier alpha value is -2.19. The average molecular weight is 286 g/mol. The molecule has 21 heavy (non-hydrogen) atoms. The second-order valence-electron chi connectivity index (χ2n) is 5.06. The lowest BCUT2D eigenvalue weighted by atomic mass is 9.81. The summed E-state index contributed by atoms with van der Waals surface area (Å²) in [5, 5.41) is 8.72. The van der Waals surface area contributed by atoms with E-state index in [9.17, 15) is 9.59 Å². The van der Waals surface area contributed by atoms with Gasteiger partial charge in [-0.1, -0.05) is 25.7 Å². The van der Waals surface area contributed by atoms with Crippen LogP contribution in [0.15, 0.2) is 18.3 Å². The first-order valence-electron chi connectivity index (χ1n) is 7.01. The topological polar surface area (TPSA) is 70.5 Å². The van der Waals surface area contributed by atoms with E-state index in [2.05, 4.69) is 16.8 Å². The third-order valence-electron chi connectivity index (χ3n) is 4.04. The van der Waals surface area contributed by atoms with E-state index in [1.54, 1.807) is 12.1 Å². The fourth-order valence-electron chi connectivity index (χ4n) is 2.59. The second-order valence-corrected chi connectivity index (χ2v) is 5.06. The van der Waals surface area contributed by atoms with Gasteiger partial charge in [-0.25, -0.2) is 9.88 Å². The number of aliphatic hydroxyl groups is 1. The van der Waals surface area contributed by atoms with E-state index in [1.807, 2.05) is 13.8 Å². The summed E-state index contributed by atoms with van der Waals surface area (Å²) in [6, 6.07) is 3.27. The molecule has 1 aromatic rings. The molecule has 110 valence electrons. The van der Waals surface area contributed by atoms with Gasteiger partial charge >= 0.3 is 0 Å². The van der Waals surface area contributed by atoms with Crippen LogP contribution in [0.2, 0.25) is 0 Å². The van der Waals surface area contributed by atoms with Crippen molar-refractivity contribution < 1.29 is 14.7 Å². The molecule has 0 aliphatic carbocycles. The maximum absolute atomic E-state index is 12.6. The summed E-state index contributed by atoms with van der Waals surface area (Å²) in [4.78, 5) is 30.1. The number of carbonyl (C=O) groups excluding carboxylic acids is 2. The quantitative estimate of drug-likeness (QED) is 0.675. The van der Waals surface area contributed by atoms with Crippen molar-refractivity contribution >= 4 is 17.6 Å². The summed E-state index contributed by atoms with van der Waals surface area (Å²) in [7, 11) is 0. The molecule has 5 heteroatoms. The standard InChI is InChI=1S/C16H18N2O3/c1-3-16(4-2)11-14(20)18(15(16)21)13-10-12(6-5-9-19)7-8-17-13/h7-8,10,19H,3-4,9,11H2,1-2H3. The number of hydrogen-bond acceptors (Lipinski definition) is 4. The van der Waals surface area contributed by atoms with Gasteiger partial charge in [0.05, 0.1) is 5.41 Å². The molecule has 0 atom stereocenters. The van der Waals surface area contributed by atoms with E-state index in [-0.39, 0.29) is 24.8 Å². The number of nitrogens with zero attached hydrogens (tertiary/aromatic N) is 2. The molecule has 0 spiro atoms. The fourth-order valence-corrected chi connectivity index (χ4v) is 2.59. The Bertz CT molecular complexity index is 624. The van der Waals surface area contributed by atoms with Gasteiger partial charge in [0.1, 0.15) is 12.4 Å². The highest BCUT2D eigenvalue weighted by molar-refractivity contribution is 6.22. The van der Waals surface area contributed by atoms with Crippen molar-refractivity contribution in [2.45, 2.75) is 33.1 Å². The predicted molar refractivity (Wildman–Crippen MR) is 78.3 cm³/mol. The molecule has 0 saturated carbocycles. The number of imide groups is 1. The summed E-state index contributed by atoms with van der Waals surface area (Å²) >= 11 is 0. The van der Waals surface area contributed by atoms with Crippen LogP contribution < -0.4 is 4.90 Å². The fraction of sp³-hybridized carbons (Fsp3) is 0.438. The van der Waals surface area contributed by atoms with Crippen LogP contribution in [0.3, 0.4) is 0 Å². The maximum atomic E-state index is 12.6. The molecule has 1 fully saturated rings. The van der Waals surface area contributed by atoms with Crippen molar-refractivity contribution in [3.05, 3.63) is 23.9 Å². The molecular formula is C16H18N2O3. The van der Waals surface area contributed by atoms with Gasteiger partial charge < -0.3 is 5.11 Å². The number of anilines is 1. The van der Waals surface area contributed by atoms with Crippen molar-refractivity contribution in [3.8, 4) is 11.8 Å². The minimum Gasteiger partial charge on any atom is -0.384 e. The molecule has 2 amide bonds. The molecule has 0 bridgehead atoms. The number of aliphatic hydroxyl groups excluding tert-OH is 1. The molecule has 1 aliphatic heterocycles. The van der Waals surface area contributed by atoms with Crippen LogP contribution in [0.1, 0.15) is 38.7 Å². The summed E-state index contributed by atoms with van der Waals surface area (Å²) < 4.78 is 0. The molecule has 1 aliphatic rings. The van der Waals surface area contributed by atoms with E-state index in [0.29, 0.717) is 24.2 Å². The van der Waals surface area contributed by atoms with E-state index in [0.717, 1.165) is 4.90 Å². The smallest absolute Gasteiger partial charge is 0.241 e. The zero-order valence-electron chi connectivity index (χ0n) is 12.2. The summed E-state index contributed by atoms with van der Waals surface area (Å²) in [6.07, 6.45) is 3.01. The van der Waals surface area contributed by atoms with E-state index >= 15 is 0 Å². The molecule has 1 N–H and O–H groups in total. The van der Waals surface area contributed by atoms with Gasteiger partial charge in [-0.05, 0) is 25.0 Å². The van der Waals surface area contributed by atoms with Crippen molar-refractivity contribution in [2.75, 3.05) is 11.5 Å². The lowest BCUT2D eigenvalue weighted by molar-refractivity contribution is -0.126. The second kappa shape index (κ2) is 6.06. The van der Waals surface area contributed by atoms with Crippen molar-refractivity contribution in [1.82, 2.24) is 4.98 Å². The van der Waals surface area contributed by atoms with Crippen molar-refractivity contribution in [1.29, 1.82) is 0 Å². The highest BCUT2D eigenvalue weighted by Crippen LogP contribution is 2.40. The van der Waals surface area contributed by atoms with Crippen LogP contribution in [0, 0.1) is 17.3 Å². The molecular weight excluding hydrogens is 268 g/mol. The minimum atomic E-state index is -0.606. The molecule has 1 aromatic heterocycles. The molecule has 0 radical (unpaired) electrons. The largest absolute Gasteiger partial charge is 0.384 e. The highest BCUT2D eigenvalue weighted by Gasteiger charge is 2.50. The van der Waals surface area contributed by atoms with Crippen molar-refractivity contribution in [2.24, 2.45) is 5.41 Å². The van der Waals surface area contributed by atoms with Gasteiger partial charge in [-0.2, -0.15) is 0 Å². The maximum Gasteiger partial charge on any atom is 0.241 e. The number of pyridine rings is 1.